The molecule has 0 bridgehead atoms. The summed E-state index contributed by atoms with van der Waals surface area (Å²) in [7, 11) is 0. The second-order valence-electron chi connectivity index (χ2n) is 2.94. The SMILES string of the molecule is CC(=O)c1cccc2c1CCO2. The maximum Gasteiger partial charge on any atom is 0.160 e. The van der Waals surface area contributed by atoms with Crippen molar-refractivity contribution in [2.75, 3.05) is 6.61 Å². The van der Waals surface area contributed by atoms with Gasteiger partial charge >= 0.3 is 0 Å². The van der Waals surface area contributed by atoms with E-state index in [1.807, 2.05) is 18.2 Å². The molecule has 0 spiro atoms. The average molecular weight is 162 g/mol. The lowest BCUT2D eigenvalue weighted by atomic mass is 10.0. The maximum absolute atomic E-state index is 11.1. The van der Waals surface area contributed by atoms with E-state index in [1.165, 1.54) is 0 Å². The molecule has 1 heterocycles. The summed E-state index contributed by atoms with van der Waals surface area (Å²) in [6.45, 7) is 2.30. The van der Waals surface area contributed by atoms with Crippen molar-refractivity contribution in [3.8, 4) is 5.75 Å². The third kappa shape index (κ3) is 0.998. The highest BCUT2D eigenvalue weighted by molar-refractivity contribution is 5.96. The molecule has 62 valence electrons. The lowest BCUT2D eigenvalue weighted by molar-refractivity contribution is 0.101. The molecule has 2 nitrogen and oxygen atoms in total. The molecule has 0 aromatic heterocycles. The van der Waals surface area contributed by atoms with Crippen LogP contribution in [0.2, 0.25) is 0 Å². The zero-order valence-electron chi connectivity index (χ0n) is 6.96. The fourth-order valence-electron chi connectivity index (χ4n) is 1.55. The maximum atomic E-state index is 11.1. The van der Waals surface area contributed by atoms with Gasteiger partial charge in [0.1, 0.15) is 5.75 Å². The van der Waals surface area contributed by atoms with Crippen LogP contribution in [-0.4, -0.2) is 12.4 Å². The van der Waals surface area contributed by atoms with Gasteiger partial charge in [0, 0.05) is 17.5 Å². The predicted molar refractivity (Wildman–Crippen MR) is 45.6 cm³/mol. The molecule has 0 unspecified atom stereocenters. The molecule has 0 aliphatic carbocycles. The van der Waals surface area contributed by atoms with Crippen molar-refractivity contribution in [1.82, 2.24) is 0 Å². The van der Waals surface area contributed by atoms with Crippen LogP contribution in [0.3, 0.4) is 0 Å². The molecule has 12 heavy (non-hydrogen) atoms. The summed E-state index contributed by atoms with van der Waals surface area (Å²) < 4.78 is 5.34. The highest BCUT2D eigenvalue weighted by atomic mass is 16.5. The third-order valence-corrected chi connectivity index (χ3v) is 2.12. The van der Waals surface area contributed by atoms with Gasteiger partial charge in [-0.15, -0.1) is 0 Å². The van der Waals surface area contributed by atoms with Gasteiger partial charge in [-0.05, 0) is 13.0 Å². The lowest BCUT2D eigenvalue weighted by Crippen LogP contribution is -1.96. The van der Waals surface area contributed by atoms with E-state index in [0.717, 1.165) is 23.3 Å². The van der Waals surface area contributed by atoms with Crippen molar-refractivity contribution < 1.29 is 9.53 Å². The lowest BCUT2D eigenvalue weighted by Gasteiger charge is -2.01. The van der Waals surface area contributed by atoms with Gasteiger partial charge in [0.05, 0.1) is 6.61 Å². The summed E-state index contributed by atoms with van der Waals surface area (Å²) in [6.07, 6.45) is 0.866. The van der Waals surface area contributed by atoms with E-state index in [4.69, 9.17) is 4.74 Å². The fraction of sp³-hybridized carbons (Fsp3) is 0.300. The molecule has 0 fully saturated rings. The Morgan fingerprint density at radius 3 is 3.08 bits per heavy atom. The number of fused-ring (bicyclic) bond motifs is 1. The molecule has 1 aromatic rings. The molecule has 0 N–H and O–H groups in total. The Morgan fingerprint density at radius 1 is 1.50 bits per heavy atom. The first kappa shape index (κ1) is 7.35. The second-order valence-corrected chi connectivity index (χ2v) is 2.94. The van der Waals surface area contributed by atoms with Gasteiger partial charge < -0.3 is 4.74 Å². The van der Waals surface area contributed by atoms with E-state index in [1.54, 1.807) is 6.92 Å². The molecule has 1 aromatic carbocycles. The largest absolute Gasteiger partial charge is 0.493 e. The number of ketones is 1. The first-order valence-corrected chi connectivity index (χ1v) is 4.04. The Kier molecular flexibility index (Phi) is 1.61. The van der Waals surface area contributed by atoms with Gasteiger partial charge in [-0.2, -0.15) is 0 Å². The first-order chi connectivity index (χ1) is 5.79. The molecule has 0 amide bonds. The van der Waals surface area contributed by atoms with E-state index in [0.29, 0.717) is 6.61 Å². The zero-order chi connectivity index (χ0) is 8.55. The summed E-state index contributed by atoms with van der Waals surface area (Å²) in [5, 5.41) is 0. The van der Waals surface area contributed by atoms with Crippen LogP contribution >= 0.6 is 0 Å². The minimum Gasteiger partial charge on any atom is -0.493 e. The number of hydrogen-bond donors (Lipinski definition) is 0. The fourth-order valence-corrected chi connectivity index (χ4v) is 1.55. The minimum atomic E-state index is 0.123. The van der Waals surface area contributed by atoms with E-state index >= 15 is 0 Å². The summed E-state index contributed by atoms with van der Waals surface area (Å²) in [4.78, 5) is 11.1. The van der Waals surface area contributed by atoms with E-state index < -0.39 is 0 Å². The normalized spacial score (nSPS) is 13.8. The molecule has 1 aliphatic rings. The Bertz CT molecular complexity index is 329. The third-order valence-electron chi connectivity index (χ3n) is 2.12. The van der Waals surface area contributed by atoms with Gasteiger partial charge in [-0.25, -0.2) is 0 Å². The molecule has 2 rings (SSSR count). The highest BCUT2D eigenvalue weighted by Gasteiger charge is 2.17. The van der Waals surface area contributed by atoms with Crippen molar-refractivity contribution in [2.45, 2.75) is 13.3 Å². The molecule has 0 saturated carbocycles. The number of carbonyl (C=O) groups excluding carboxylic acids is 1. The van der Waals surface area contributed by atoms with Crippen molar-refractivity contribution in [3.05, 3.63) is 29.3 Å². The van der Waals surface area contributed by atoms with Crippen LogP contribution in [0.5, 0.6) is 5.75 Å². The smallest absolute Gasteiger partial charge is 0.160 e. The van der Waals surface area contributed by atoms with E-state index in [9.17, 15) is 4.79 Å². The van der Waals surface area contributed by atoms with Gasteiger partial charge in [0.25, 0.3) is 0 Å². The van der Waals surface area contributed by atoms with Crippen molar-refractivity contribution in [3.63, 3.8) is 0 Å². The van der Waals surface area contributed by atoms with Crippen molar-refractivity contribution in [1.29, 1.82) is 0 Å². The van der Waals surface area contributed by atoms with Crippen LogP contribution in [0.4, 0.5) is 0 Å². The van der Waals surface area contributed by atoms with Crippen LogP contribution in [0.1, 0.15) is 22.8 Å². The Hall–Kier alpha value is -1.31. The van der Waals surface area contributed by atoms with Crippen molar-refractivity contribution in [2.24, 2.45) is 0 Å². The molecular weight excluding hydrogens is 152 g/mol. The quantitative estimate of drug-likeness (QED) is 0.589. The first-order valence-electron chi connectivity index (χ1n) is 4.04. The Balaban J connectivity index is 2.56. The summed E-state index contributed by atoms with van der Waals surface area (Å²) in [6, 6.07) is 5.63. The second kappa shape index (κ2) is 2.63. The van der Waals surface area contributed by atoms with Crippen molar-refractivity contribution >= 4 is 5.78 Å². The van der Waals surface area contributed by atoms with Crippen LogP contribution in [0.25, 0.3) is 0 Å². The summed E-state index contributed by atoms with van der Waals surface area (Å²) in [5.41, 5.74) is 1.88. The molecular formula is C10H10O2. The monoisotopic (exact) mass is 162 g/mol. The number of benzene rings is 1. The van der Waals surface area contributed by atoms with Gasteiger partial charge in [0.15, 0.2) is 5.78 Å². The Labute approximate surface area is 71.2 Å². The predicted octanol–water partition coefficient (Wildman–Crippen LogP) is 1.82. The van der Waals surface area contributed by atoms with Crippen LogP contribution in [-0.2, 0) is 6.42 Å². The number of rotatable bonds is 1. The van der Waals surface area contributed by atoms with Crippen LogP contribution < -0.4 is 4.74 Å². The summed E-state index contributed by atoms with van der Waals surface area (Å²) in [5.74, 6) is 1.00. The molecule has 1 aliphatic heterocycles. The average Bonchev–Trinajstić information content (AvgIpc) is 2.49. The number of carbonyl (C=O) groups is 1. The standard InChI is InChI=1S/C10H10O2/c1-7(11)8-3-2-4-10-9(8)5-6-12-10/h2-4H,5-6H2,1H3. The minimum absolute atomic E-state index is 0.123. The molecule has 0 atom stereocenters. The van der Waals surface area contributed by atoms with E-state index in [2.05, 4.69) is 0 Å². The number of Topliss-reactive ketones (excluding diaryl/α,β-unsaturated/α-hetero) is 1. The zero-order valence-corrected chi connectivity index (χ0v) is 6.96. The van der Waals surface area contributed by atoms with Crippen LogP contribution in [0, 0.1) is 0 Å². The van der Waals surface area contributed by atoms with Gasteiger partial charge in [-0.1, -0.05) is 12.1 Å². The molecule has 2 heteroatoms. The van der Waals surface area contributed by atoms with Gasteiger partial charge in [0.2, 0.25) is 0 Å². The number of hydrogen-bond acceptors (Lipinski definition) is 2. The summed E-state index contributed by atoms with van der Waals surface area (Å²) >= 11 is 0. The Morgan fingerprint density at radius 2 is 2.33 bits per heavy atom. The van der Waals surface area contributed by atoms with Crippen LogP contribution in [0.15, 0.2) is 18.2 Å². The molecule has 0 radical (unpaired) electrons. The van der Waals surface area contributed by atoms with Gasteiger partial charge in [-0.3, -0.25) is 4.79 Å². The highest BCUT2D eigenvalue weighted by Crippen LogP contribution is 2.28. The number of ether oxygens (including phenoxy) is 1. The topological polar surface area (TPSA) is 26.3 Å². The van der Waals surface area contributed by atoms with E-state index in [-0.39, 0.29) is 5.78 Å². The molecule has 0 saturated heterocycles.